The van der Waals surface area contributed by atoms with E-state index >= 15 is 0 Å². The van der Waals surface area contributed by atoms with Gasteiger partial charge in [-0.05, 0) is 24.8 Å². The van der Waals surface area contributed by atoms with Crippen molar-refractivity contribution < 1.29 is 4.79 Å². The zero-order valence-electron chi connectivity index (χ0n) is 8.16. The highest BCUT2D eigenvalue weighted by Gasteiger charge is 2.07. The third-order valence-corrected chi connectivity index (χ3v) is 2.51. The van der Waals surface area contributed by atoms with Crippen LogP contribution in [0.5, 0.6) is 0 Å². The van der Waals surface area contributed by atoms with Gasteiger partial charge in [-0.15, -0.1) is 11.6 Å². The second-order valence-corrected chi connectivity index (χ2v) is 3.80. The lowest BCUT2D eigenvalue weighted by Crippen LogP contribution is -2.06. The lowest BCUT2D eigenvalue weighted by Gasteiger charge is -2.08. The van der Waals surface area contributed by atoms with Crippen molar-refractivity contribution in [3.8, 4) is 0 Å². The van der Waals surface area contributed by atoms with Crippen LogP contribution in [-0.4, -0.2) is 12.2 Å². The summed E-state index contributed by atoms with van der Waals surface area (Å²) in [6.45, 7) is 0. The number of carbonyl (C=O) groups excluding carboxylic acids is 1. The first-order valence-electron chi connectivity index (χ1n) is 4.92. The van der Waals surface area contributed by atoms with Crippen molar-refractivity contribution in [1.29, 1.82) is 0 Å². The zero-order valence-corrected chi connectivity index (χ0v) is 8.91. The largest absolute Gasteiger partial charge is 0.303 e. The second kappa shape index (κ2) is 6.61. The highest BCUT2D eigenvalue weighted by atomic mass is 35.5. The van der Waals surface area contributed by atoms with E-state index in [0.717, 1.165) is 25.5 Å². The van der Waals surface area contributed by atoms with Crippen molar-refractivity contribution in [3.05, 3.63) is 35.9 Å². The minimum atomic E-state index is 0.121. The molecule has 0 spiro atoms. The zero-order chi connectivity index (χ0) is 10.2. The summed E-state index contributed by atoms with van der Waals surface area (Å²) in [5, 5.41) is 0. The van der Waals surface area contributed by atoms with Gasteiger partial charge in [0.05, 0.1) is 0 Å². The molecule has 1 atom stereocenters. The monoisotopic (exact) mass is 210 g/mol. The maximum atomic E-state index is 10.8. The van der Waals surface area contributed by atoms with Crippen LogP contribution in [0.1, 0.15) is 18.4 Å². The molecule has 0 amide bonds. The van der Waals surface area contributed by atoms with Crippen LogP contribution in [0, 0.1) is 5.92 Å². The molecule has 76 valence electrons. The molecule has 1 rings (SSSR count). The van der Waals surface area contributed by atoms with E-state index in [2.05, 4.69) is 12.1 Å². The van der Waals surface area contributed by atoms with Crippen LogP contribution in [0.15, 0.2) is 30.3 Å². The van der Waals surface area contributed by atoms with E-state index in [-0.39, 0.29) is 5.92 Å². The van der Waals surface area contributed by atoms with E-state index in [0.29, 0.717) is 5.88 Å². The van der Waals surface area contributed by atoms with E-state index in [1.165, 1.54) is 5.56 Å². The van der Waals surface area contributed by atoms with Crippen molar-refractivity contribution in [2.75, 3.05) is 5.88 Å². The molecule has 1 unspecified atom stereocenters. The number of benzene rings is 1. The van der Waals surface area contributed by atoms with Crippen LogP contribution in [-0.2, 0) is 11.2 Å². The Balaban J connectivity index is 2.44. The van der Waals surface area contributed by atoms with Gasteiger partial charge in [0.1, 0.15) is 6.29 Å². The molecule has 0 N–H and O–H groups in total. The quantitative estimate of drug-likeness (QED) is 0.521. The van der Waals surface area contributed by atoms with Crippen LogP contribution >= 0.6 is 11.6 Å². The molecule has 1 aromatic rings. The van der Waals surface area contributed by atoms with E-state index in [4.69, 9.17) is 11.6 Å². The van der Waals surface area contributed by atoms with Crippen molar-refractivity contribution in [1.82, 2.24) is 0 Å². The van der Waals surface area contributed by atoms with Gasteiger partial charge in [0.2, 0.25) is 0 Å². The standard InChI is InChI=1S/C12H15ClO/c13-8-4-7-12(10-14)9-11-5-2-1-3-6-11/h1-3,5-6,10,12H,4,7-9H2. The average Bonchev–Trinajstić information content (AvgIpc) is 2.25. The summed E-state index contributed by atoms with van der Waals surface area (Å²) in [6.07, 6.45) is 3.68. The fraction of sp³-hybridized carbons (Fsp3) is 0.417. The van der Waals surface area contributed by atoms with Crippen LogP contribution in [0.3, 0.4) is 0 Å². The summed E-state index contributed by atoms with van der Waals surface area (Å²) in [7, 11) is 0. The Kier molecular flexibility index (Phi) is 5.31. The average molecular weight is 211 g/mol. The Morgan fingerprint density at radius 3 is 2.57 bits per heavy atom. The molecular weight excluding hydrogens is 196 g/mol. The van der Waals surface area contributed by atoms with Gasteiger partial charge in [0, 0.05) is 11.8 Å². The van der Waals surface area contributed by atoms with Crippen LogP contribution < -0.4 is 0 Å². The van der Waals surface area contributed by atoms with Crippen molar-refractivity contribution in [2.45, 2.75) is 19.3 Å². The highest BCUT2D eigenvalue weighted by molar-refractivity contribution is 6.17. The van der Waals surface area contributed by atoms with Crippen molar-refractivity contribution in [3.63, 3.8) is 0 Å². The van der Waals surface area contributed by atoms with Gasteiger partial charge >= 0.3 is 0 Å². The van der Waals surface area contributed by atoms with Gasteiger partial charge in [-0.2, -0.15) is 0 Å². The molecule has 0 aromatic heterocycles. The predicted molar refractivity (Wildman–Crippen MR) is 59.7 cm³/mol. The normalized spacial score (nSPS) is 12.4. The number of carbonyl (C=O) groups is 1. The molecule has 1 nitrogen and oxygen atoms in total. The third-order valence-electron chi connectivity index (χ3n) is 2.24. The minimum absolute atomic E-state index is 0.121. The topological polar surface area (TPSA) is 17.1 Å². The highest BCUT2D eigenvalue weighted by Crippen LogP contribution is 2.12. The van der Waals surface area contributed by atoms with E-state index in [9.17, 15) is 4.79 Å². The maximum Gasteiger partial charge on any atom is 0.123 e. The Hall–Kier alpha value is -0.820. The number of hydrogen-bond donors (Lipinski definition) is 0. The number of aldehydes is 1. The van der Waals surface area contributed by atoms with Crippen molar-refractivity contribution >= 4 is 17.9 Å². The number of alkyl halides is 1. The second-order valence-electron chi connectivity index (χ2n) is 3.42. The third kappa shape index (κ3) is 3.93. The molecule has 0 saturated heterocycles. The fourth-order valence-electron chi connectivity index (χ4n) is 1.47. The lowest BCUT2D eigenvalue weighted by atomic mass is 9.96. The molecule has 0 radical (unpaired) electrons. The Labute approximate surface area is 90.1 Å². The molecule has 14 heavy (non-hydrogen) atoms. The molecular formula is C12H15ClO. The molecule has 1 aromatic carbocycles. The summed E-state index contributed by atoms with van der Waals surface area (Å²) in [6, 6.07) is 10.1. The van der Waals surface area contributed by atoms with Crippen molar-refractivity contribution in [2.24, 2.45) is 5.92 Å². The Morgan fingerprint density at radius 2 is 2.00 bits per heavy atom. The SMILES string of the molecule is O=CC(CCCCl)Cc1ccccc1. The van der Waals surface area contributed by atoms with Crippen LogP contribution in [0.25, 0.3) is 0 Å². The van der Waals surface area contributed by atoms with Gasteiger partial charge in [-0.25, -0.2) is 0 Å². The first kappa shape index (κ1) is 11.3. The van der Waals surface area contributed by atoms with Gasteiger partial charge in [0.25, 0.3) is 0 Å². The Morgan fingerprint density at radius 1 is 1.29 bits per heavy atom. The molecule has 0 fully saturated rings. The number of halogens is 1. The van der Waals surface area contributed by atoms with Gasteiger partial charge in [-0.1, -0.05) is 30.3 Å². The van der Waals surface area contributed by atoms with E-state index in [1.807, 2.05) is 18.2 Å². The smallest absolute Gasteiger partial charge is 0.123 e. The molecule has 2 heteroatoms. The summed E-state index contributed by atoms with van der Waals surface area (Å²) >= 11 is 5.59. The molecule has 0 aliphatic rings. The Bertz CT molecular complexity index is 258. The van der Waals surface area contributed by atoms with Gasteiger partial charge in [0.15, 0.2) is 0 Å². The van der Waals surface area contributed by atoms with E-state index in [1.54, 1.807) is 0 Å². The van der Waals surface area contributed by atoms with Gasteiger partial charge in [-0.3, -0.25) is 0 Å². The summed E-state index contributed by atoms with van der Waals surface area (Å²) in [5.74, 6) is 0.759. The van der Waals surface area contributed by atoms with Crippen LogP contribution in [0.4, 0.5) is 0 Å². The molecule has 0 saturated carbocycles. The summed E-state index contributed by atoms with van der Waals surface area (Å²) in [4.78, 5) is 10.8. The fourth-order valence-corrected chi connectivity index (χ4v) is 1.63. The minimum Gasteiger partial charge on any atom is -0.303 e. The number of rotatable bonds is 6. The number of hydrogen-bond acceptors (Lipinski definition) is 1. The molecule has 0 aliphatic carbocycles. The van der Waals surface area contributed by atoms with Crippen LogP contribution in [0.2, 0.25) is 0 Å². The maximum absolute atomic E-state index is 10.8. The summed E-state index contributed by atoms with van der Waals surface area (Å²) in [5.41, 5.74) is 1.22. The molecule has 0 heterocycles. The molecule has 0 aliphatic heterocycles. The summed E-state index contributed by atoms with van der Waals surface area (Å²) < 4.78 is 0. The first-order chi connectivity index (χ1) is 6.86. The van der Waals surface area contributed by atoms with E-state index < -0.39 is 0 Å². The van der Waals surface area contributed by atoms with Gasteiger partial charge < -0.3 is 4.79 Å². The first-order valence-corrected chi connectivity index (χ1v) is 5.45. The predicted octanol–water partition coefficient (Wildman–Crippen LogP) is 3.06. The molecule has 0 bridgehead atoms. The lowest BCUT2D eigenvalue weighted by molar-refractivity contribution is -0.111.